The second-order valence-electron chi connectivity index (χ2n) is 5.24. The highest BCUT2D eigenvalue weighted by molar-refractivity contribution is 7.89. The Hall–Kier alpha value is -0.950. The van der Waals surface area contributed by atoms with E-state index in [1.54, 1.807) is 12.1 Å². The molecule has 1 saturated heterocycles. The lowest BCUT2D eigenvalue weighted by molar-refractivity contribution is 0.0572. The smallest absolute Gasteiger partial charge is 0.243 e. The Morgan fingerprint density at radius 1 is 1.05 bits per heavy atom. The number of hydrogen-bond acceptors (Lipinski definition) is 4. The highest BCUT2D eigenvalue weighted by Crippen LogP contribution is 2.27. The molecule has 0 spiro atoms. The summed E-state index contributed by atoms with van der Waals surface area (Å²) in [6, 6.07) is 5.23. The van der Waals surface area contributed by atoms with E-state index in [-0.39, 0.29) is 18.0 Å². The molecule has 0 amide bonds. The lowest BCUT2D eigenvalue weighted by Gasteiger charge is -2.16. The number of rotatable bonds is 2. The van der Waals surface area contributed by atoms with Crippen LogP contribution in [-0.4, -0.2) is 48.2 Å². The van der Waals surface area contributed by atoms with Crippen molar-refractivity contribution in [1.29, 1.82) is 0 Å². The van der Waals surface area contributed by atoms with Crippen molar-refractivity contribution in [3.63, 3.8) is 0 Å². The van der Waals surface area contributed by atoms with Gasteiger partial charge in [0.1, 0.15) is 0 Å². The third-order valence-electron chi connectivity index (χ3n) is 3.93. The van der Waals surface area contributed by atoms with Gasteiger partial charge in [0.05, 0.1) is 17.1 Å². The Morgan fingerprint density at radius 2 is 1.68 bits per heavy atom. The van der Waals surface area contributed by atoms with Crippen LogP contribution in [0.25, 0.3) is 0 Å². The van der Waals surface area contributed by atoms with Crippen molar-refractivity contribution in [2.45, 2.75) is 36.4 Å². The molecule has 1 heterocycles. The summed E-state index contributed by atoms with van der Waals surface area (Å²) in [5.41, 5.74) is 2.32. The Bertz CT molecular complexity index is 589. The zero-order valence-corrected chi connectivity index (χ0v) is 11.3. The average molecular weight is 283 g/mol. The summed E-state index contributed by atoms with van der Waals surface area (Å²) in [6.45, 7) is -0.0822. The van der Waals surface area contributed by atoms with E-state index in [0.29, 0.717) is 0 Å². The van der Waals surface area contributed by atoms with Crippen LogP contribution in [-0.2, 0) is 22.9 Å². The first-order valence-corrected chi connectivity index (χ1v) is 7.90. The highest BCUT2D eigenvalue weighted by Gasteiger charge is 2.37. The molecule has 0 bridgehead atoms. The summed E-state index contributed by atoms with van der Waals surface area (Å²) < 4.78 is 26.0. The molecule has 1 aliphatic carbocycles. The van der Waals surface area contributed by atoms with E-state index in [1.807, 2.05) is 6.07 Å². The van der Waals surface area contributed by atoms with E-state index in [9.17, 15) is 18.6 Å². The third-order valence-corrected chi connectivity index (χ3v) is 5.76. The van der Waals surface area contributed by atoms with Gasteiger partial charge in [-0.15, -0.1) is 0 Å². The molecule has 3 rings (SSSR count). The maximum Gasteiger partial charge on any atom is 0.243 e. The molecular formula is C13H17NO4S. The van der Waals surface area contributed by atoms with Crippen LogP contribution in [0.1, 0.15) is 17.5 Å². The van der Waals surface area contributed by atoms with E-state index in [0.717, 1.165) is 29.1 Å². The van der Waals surface area contributed by atoms with Gasteiger partial charge < -0.3 is 10.2 Å². The Balaban J connectivity index is 1.93. The predicted octanol–water partition coefficient (Wildman–Crippen LogP) is -0.0986. The maximum atomic E-state index is 12.4. The van der Waals surface area contributed by atoms with Crippen molar-refractivity contribution < 1.29 is 18.6 Å². The fourth-order valence-electron chi connectivity index (χ4n) is 2.79. The lowest BCUT2D eigenvalue weighted by atomic mass is 10.1. The SMILES string of the molecule is O=S(=O)(c1ccc2c(c1)CCC2)N1C[C@@H](O)[C@@H](O)C1. The number of fused-ring (bicyclic) bond motifs is 1. The monoisotopic (exact) mass is 283 g/mol. The lowest BCUT2D eigenvalue weighted by Crippen LogP contribution is -2.30. The van der Waals surface area contributed by atoms with Crippen molar-refractivity contribution in [2.75, 3.05) is 13.1 Å². The van der Waals surface area contributed by atoms with E-state index in [4.69, 9.17) is 0 Å². The molecule has 2 aliphatic rings. The fourth-order valence-corrected chi connectivity index (χ4v) is 4.32. The van der Waals surface area contributed by atoms with Crippen LogP contribution in [0, 0.1) is 0 Å². The number of nitrogens with zero attached hydrogens (tertiary/aromatic N) is 1. The zero-order chi connectivity index (χ0) is 13.6. The number of aliphatic hydroxyl groups excluding tert-OH is 2. The standard InChI is InChI=1S/C13H17NO4S/c15-12-7-14(8-13(12)16)19(17,18)11-5-4-9-2-1-3-10(9)6-11/h4-6,12-13,15-16H,1-3,7-8H2/t12-,13+. The second-order valence-corrected chi connectivity index (χ2v) is 7.18. The van der Waals surface area contributed by atoms with E-state index in [1.165, 1.54) is 5.56 Å². The Morgan fingerprint density at radius 3 is 2.37 bits per heavy atom. The largest absolute Gasteiger partial charge is 0.389 e. The quantitative estimate of drug-likeness (QED) is 0.794. The average Bonchev–Trinajstić information content (AvgIpc) is 2.96. The molecule has 104 valence electrons. The summed E-state index contributed by atoms with van der Waals surface area (Å²) in [7, 11) is -3.61. The van der Waals surface area contributed by atoms with Crippen molar-refractivity contribution >= 4 is 10.0 Å². The van der Waals surface area contributed by atoms with Gasteiger partial charge in [0.2, 0.25) is 10.0 Å². The van der Waals surface area contributed by atoms with Crippen LogP contribution in [0.2, 0.25) is 0 Å². The van der Waals surface area contributed by atoms with Gasteiger partial charge in [0.15, 0.2) is 0 Å². The Kier molecular flexibility index (Phi) is 3.13. The molecule has 1 aliphatic heterocycles. The van der Waals surface area contributed by atoms with Crippen molar-refractivity contribution in [1.82, 2.24) is 4.31 Å². The summed E-state index contributed by atoms with van der Waals surface area (Å²) >= 11 is 0. The van der Waals surface area contributed by atoms with Gasteiger partial charge in [-0.3, -0.25) is 0 Å². The highest BCUT2D eigenvalue weighted by atomic mass is 32.2. The van der Waals surface area contributed by atoms with Gasteiger partial charge in [0.25, 0.3) is 0 Å². The molecule has 1 aromatic carbocycles. The van der Waals surface area contributed by atoms with Crippen molar-refractivity contribution in [3.8, 4) is 0 Å². The molecule has 2 atom stereocenters. The normalized spacial score (nSPS) is 27.7. The van der Waals surface area contributed by atoms with Gasteiger partial charge in [-0.1, -0.05) is 6.07 Å². The summed E-state index contributed by atoms with van der Waals surface area (Å²) in [6.07, 6.45) is 1.01. The minimum absolute atomic E-state index is 0.0411. The molecule has 1 aromatic rings. The zero-order valence-electron chi connectivity index (χ0n) is 10.5. The summed E-state index contributed by atoms with van der Waals surface area (Å²) in [4.78, 5) is 0.259. The molecule has 19 heavy (non-hydrogen) atoms. The van der Waals surface area contributed by atoms with Gasteiger partial charge in [-0.25, -0.2) is 8.42 Å². The second kappa shape index (κ2) is 4.56. The van der Waals surface area contributed by atoms with Crippen molar-refractivity contribution in [2.24, 2.45) is 0 Å². The van der Waals surface area contributed by atoms with Crippen LogP contribution >= 0.6 is 0 Å². The van der Waals surface area contributed by atoms with Gasteiger partial charge in [-0.2, -0.15) is 4.31 Å². The Labute approximate surface area is 112 Å². The molecule has 6 heteroatoms. The van der Waals surface area contributed by atoms with E-state index >= 15 is 0 Å². The predicted molar refractivity (Wildman–Crippen MR) is 69.2 cm³/mol. The first-order chi connectivity index (χ1) is 8.98. The van der Waals surface area contributed by atoms with Gasteiger partial charge in [-0.05, 0) is 42.5 Å². The number of benzene rings is 1. The molecule has 0 unspecified atom stereocenters. The van der Waals surface area contributed by atoms with E-state index in [2.05, 4.69) is 0 Å². The maximum absolute atomic E-state index is 12.4. The number of β-amino-alcohol motifs (C(OH)–C–C–N with tert-alkyl or cyclic N) is 2. The molecule has 1 fully saturated rings. The van der Waals surface area contributed by atoms with Crippen LogP contribution in [0.5, 0.6) is 0 Å². The third kappa shape index (κ3) is 2.18. The molecule has 5 nitrogen and oxygen atoms in total. The first-order valence-electron chi connectivity index (χ1n) is 6.46. The van der Waals surface area contributed by atoms with Crippen LogP contribution in [0.4, 0.5) is 0 Å². The molecule has 2 N–H and O–H groups in total. The summed E-state index contributed by atoms with van der Waals surface area (Å²) in [5.74, 6) is 0. The van der Waals surface area contributed by atoms with Crippen molar-refractivity contribution in [3.05, 3.63) is 29.3 Å². The molecule has 0 saturated carbocycles. The van der Waals surface area contributed by atoms with Crippen LogP contribution in [0.15, 0.2) is 23.1 Å². The number of sulfonamides is 1. The minimum atomic E-state index is -3.61. The number of hydrogen-bond donors (Lipinski definition) is 2. The molecule has 0 radical (unpaired) electrons. The number of aliphatic hydroxyl groups is 2. The van der Waals surface area contributed by atoms with E-state index < -0.39 is 22.2 Å². The first kappa shape index (κ1) is 13.1. The van der Waals surface area contributed by atoms with Gasteiger partial charge >= 0.3 is 0 Å². The number of aryl methyl sites for hydroxylation is 2. The van der Waals surface area contributed by atoms with Crippen LogP contribution in [0.3, 0.4) is 0 Å². The molecular weight excluding hydrogens is 266 g/mol. The summed E-state index contributed by atoms with van der Waals surface area (Å²) in [5, 5.41) is 19.0. The van der Waals surface area contributed by atoms with Crippen LogP contribution < -0.4 is 0 Å². The van der Waals surface area contributed by atoms with Gasteiger partial charge in [0, 0.05) is 13.1 Å². The molecule has 0 aromatic heterocycles. The fraction of sp³-hybridized carbons (Fsp3) is 0.538. The topological polar surface area (TPSA) is 77.8 Å². The minimum Gasteiger partial charge on any atom is -0.389 e.